The van der Waals surface area contributed by atoms with Crippen LogP contribution in [-0.4, -0.2) is 16.8 Å². The van der Waals surface area contributed by atoms with Crippen molar-refractivity contribution in [3.63, 3.8) is 0 Å². The number of halogens is 2. The van der Waals surface area contributed by atoms with Gasteiger partial charge in [0.05, 0.1) is 15.5 Å². The molecule has 0 amide bonds. The molecule has 31 heavy (non-hydrogen) atoms. The fourth-order valence-corrected chi connectivity index (χ4v) is 5.40. The van der Waals surface area contributed by atoms with Crippen LogP contribution in [0.15, 0.2) is 76.5 Å². The predicted octanol–water partition coefficient (Wildman–Crippen LogP) is 5.72. The Morgan fingerprint density at radius 3 is 1.52 bits per heavy atom. The van der Waals surface area contributed by atoms with E-state index in [0.29, 0.717) is 0 Å². The van der Waals surface area contributed by atoms with E-state index in [2.05, 4.69) is 9.44 Å². The second kappa shape index (κ2) is 9.08. The zero-order valence-corrected chi connectivity index (χ0v) is 19.8. The third-order valence-corrected chi connectivity index (χ3v) is 7.62. The van der Waals surface area contributed by atoms with Crippen LogP contribution in [0.1, 0.15) is 25.3 Å². The molecule has 10 heteroatoms. The molecule has 0 aliphatic carbocycles. The van der Waals surface area contributed by atoms with Crippen molar-refractivity contribution >= 4 is 54.6 Å². The third-order valence-electron chi connectivity index (χ3n) is 4.39. The minimum Gasteiger partial charge on any atom is -0.280 e. The van der Waals surface area contributed by atoms with E-state index in [1.165, 1.54) is 54.6 Å². The molecule has 0 aliphatic heterocycles. The van der Waals surface area contributed by atoms with Crippen LogP contribution in [0.3, 0.4) is 0 Å². The number of rotatable bonds is 7. The molecule has 0 spiro atoms. The molecule has 0 bridgehead atoms. The van der Waals surface area contributed by atoms with Crippen molar-refractivity contribution in [2.75, 3.05) is 9.44 Å². The molecule has 0 aromatic heterocycles. The highest BCUT2D eigenvalue weighted by atomic mass is 35.5. The van der Waals surface area contributed by atoms with Gasteiger partial charge in [-0.3, -0.25) is 9.44 Å². The van der Waals surface area contributed by atoms with Gasteiger partial charge < -0.3 is 0 Å². The van der Waals surface area contributed by atoms with Crippen molar-refractivity contribution in [1.82, 2.24) is 0 Å². The number of nitrogens with one attached hydrogen (secondary N) is 2. The fraction of sp³-hybridized carbons (Fsp3) is 0.143. The van der Waals surface area contributed by atoms with Crippen molar-refractivity contribution in [2.24, 2.45) is 0 Å². The van der Waals surface area contributed by atoms with Gasteiger partial charge in [-0.1, -0.05) is 49.2 Å². The average molecular weight is 499 g/mol. The SMILES string of the molecule is CC(C)c1ccc(S(=O)(=O)Nc2ccc(S(=O)(=O)Nc3cc(Cl)cc(Cl)c3)cc2)cc1. The smallest absolute Gasteiger partial charge is 0.261 e. The van der Waals surface area contributed by atoms with Crippen molar-refractivity contribution in [3.05, 3.63) is 82.3 Å². The van der Waals surface area contributed by atoms with Gasteiger partial charge in [-0.2, -0.15) is 0 Å². The first-order chi connectivity index (χ1) is 14.5. The molecule has 3 aromatic carbocycles. The summed E-state index contributed by atoms with van der Waals surface area (Å²) < 4.78 is 55.2. The Labute approximate surface area is 192 Å². The second-order valence-electron chi connectivity index (χ2n) is 7.12. The Morgan fingerprint density at radius 1 is 0.645 bits per heavy atom. The molecule has 6 nitrogen and oxygen atoms in total. The molecule has 3 rings (SSSR count). The number of hydrogen-bond acceptors (Lipinski definition) is 4. The molecular formula is C21H20Cl2N2O4S2. The monoisotopic (exact) mass is 498 g/mol. The van der Waals surface area contributed by atoms with Crippen LogP contribution in [-0.2, 0) is 20.0 Å². The Balaban J connectivity index is 1.77. The minimum absolute atomic E-state index is 0.0483. The van der Waals surface area contributed by atoms with Gasteiger partial charge in [0.2, 0.25) is 0 Å². The molecular weight excluding hydrogens is 479 g/mol. The van der Waals surface area contributed by atoms with Gasteiger partial charge in [-0.05, 0) is 66.1 Å². The molecule has 2 N–H and O–H groups in total. The highest BCUT2D eigenvalue weighted by molar-refractivity contribution is 7.93. The molecule has 0 saturated heterocycles. The summed E-state index contributed by atoms with van der Waals surface area (Å²) in [4.78, 5) is 0.0703. The molecule has 0 atom stereocenters. The van der Waals surface area contributed by atoms with Crippen LogP contribution >= 0.6 is 23.2 Å². The Bertz CT molecular complexity index is 1270. The van der Waals surface area contributed by atoms with Gasteiger partial charge in [0.15, 0.2) is 0 Å². The van der Waals surface area contributed by atoms with Crippen molar-refractivity contribution in [3.8, 4) is 0 Å². The average Bonchev–Trinajstić information content (AvgIpc) is 2.67. The molecule has 0 radical (unpaired) electrons. The molecule has 0 unspecified atom stereocenters. The van der Waals surface area contributed by atoms with Crippen molar-refractivity contribution in [2.45, 2.75) is 29.6 Å². The molecule has 0 fully saturated rings. The van der Waals surface area contributed by atoms with Crippen LogP contribution < -0.4 is 9.44 Å². The van der Waals surface area contributed by atoms with E-state index in [1.807, 2.05) is 13.8 Å². The van der Waals surface area contributed by atoms with Gasteiger partial charge in [0, 0.05) is 15.7 Å². The maximum Gasteiger partial charge on any atom is 0.261 e. The summed E-state index contributed by atoms with van der Waals surface area (Å²) in [6.07, 6.45) is 0. The number of anilines is 2. The summed E-state index contributed by atoms with van der Waals surface area (Å²) in [5, 5.41) is 0.577. The highest BCUT2D eigenvalue weighted by Gasteiger charge is 2.17. The van der Waals surface area contributed by atoms with E-state index in [4.69, 9.17) is 23.2 Å². The standard InChI is InChI=1S/C21H20Cl2N2O4S2/c1-14(2)15-3-7-20(8-4-15)30(26,27)24-18-5-9-21(10-6-18)31(28,29)25-19-12-16(22)11-17(23)13-19/h3-14,24-25H,1-2H3. The lowest BCUT2D eigenvalue weighted by Gasteiger charge is -2.12. The maximum atomic E-state index is 12.6. The number of sulfonamides is 2. The molecule has 164 valence electrons. The van der Waals surface area contributed by atoms with Crippen LogP contribution in [0.4, 0.5) is 11.4 Å². The normalized spacial score (nSPS) is 12.0. The minimum atomic E-state index is -3.92. The molecule has 3 aromatic rings. The summed E-state index contributed by atoms with van der Waals surface area (Å²) in [7, 11) is -7.72. The maximum absolute atomic E-state index is 12.6. The summed E-state index contributed by atoms with van der Waals surface area (Å²) in [6, 6.07) is 16.3. The van der Waals surface area contributed by atoms with E-state index in [0.717, 1.165) is 5.56 Å². The summed E-state index contributed by atoms with van der Waals surface area (Å²) in [5.41, 5.74) is 1.48. The van der Waals surface area contributed by atoms with E-state index < -0.39 is 20.0 Å². The Kier molecular flexibility index (Phi) is 6.85. The first-order valence-electron chi connectivity index (χ1n) is 9.18. The lowest BCUT2D eigenvalue weighted by atomic mass is 10.0. The van der Waals surface area contributed by atoms with Crippen LogP contribution in [0.25, 0.3) is 0 Å². The largest absolute Gasteiger partial charge is 0.280 e. The van der Waals surface area contributed by atoms with Gasteiger partial charge >= 0.3 is 0 Å². The van der Waals surface area contributed by atoms with Gasteiger partial charge in [0.25, 0.3) is 20.0 Å². The lowest BCUT2D eigenvalue weighted by Crippen LogP contribution is -2.14. The summed E-state index contributed by atoms with van der Waals surface area (Å²) in [5.74, 6) is 0.288. The molecule has 0 aliphatic rings. The van der Waals surface area contributed by atoms with Gasteiger partial charge in [-0.15, -0.1) is 0 Å². The third kappa shape index (κ3) is 5.92. The van der Waals surface area contributed by atoms with Crippen LogP contribution in [0.2, 0.25) is 10.0 Å². The number of benzene rings is 3. The van der Waals surface area contributed by atoms with Crippen LogP contribution in [0, 0.1) is 0 Å². The summed E-state index contributed by atoms with van der Waals surface area (Å²) >= 11 is 11.8. The zero-order chi connectivity index (χ0) is 22.8. The van der Waals surface area contributed by atoms with E-state index >= 15 is 0 Å². The lowest BCUT2D eigenvalue weighted by molar-refractivity contribution is 0.600. The Morgan fingerprint density at radius 2 is 1.06 bits per heavy atom. The van der Waals surface area contributed by atoms with Crippen molar-refractivity contribution < 1.29 is 16.8 Å². The Hall–Kier alpha value is -2.26. The van der Waals surface area contributed by atoms with E-state index in [-0.39, 0.29) is 37.1 Å². The summed E-state index contributed by atoms with van der Waals surface area (Å²) in [6.45, 7) is 4.04. The zero-order valence-electron chi connectivity index (χ0n) is 16.6. The fourth-order valence-electron chi connectivity index (χ4n) is 2.77. The van der Waals surface area contributed by atoms with E-state index in [1.54, 1.807) is 12.1 Å². The topological polar surface area (TPSA) is 92.3 Å². The van der Waals surface area contributed by atoms with Crippen molar-refractivity contribution in [1.29, 1.82) is 0 Å². The predicted molar refractivity (Wildman–Crippen MR) is 125 cm³/mol. The first-order valence-corrected chi connectivity index (χ1v) is 12.9. The number of hydrogen-bond donors (Lipinski definition) is 2. The molecule has 0 heterocycles. The molecule has 0 saturated carbocycles. The quantitative estimate of drug-likeness (QED) is 0.435. The van der Waals surface area contributed by atoms with E-state index in [9.17, 15) is 16.8 Å². The first kappa shape index (κ1) is 23.4. The highest BCUT2D eigenvalue weighted by Crippen LogP contribution is 2.26. The van der Waals surface area contributed by atoms with Crippen LogP contribution in [0.5, 0.6) is 0 Å². The van der Waals surface area contributed by atoms with Gasteiger partial charge in [-0.25, -0.2) is 16.8 Å². The van der Waals surface area contributed by atoms with Gasteiger partial charge in [0.1, 0.15) is 0 Å². The second-order valence-corrected chi connectivity index (χ2v) is 11.4.